The first-order valence-electron chi connectivity index (χ1n) is 9.13. The van der Waals surface area contributed by atoms with Crippen LogP contribution in [0.2, 0.25) is 0 Å². The molecule has 0 spiro atoms. The summed E-state index contributed by atoms with van der Waals surface area (Å²) < 4.78 is 43.3. The average molecular weight is 427 g/mol. The Bertz CT molecular complexity index is 1320. The predicted molar refractivity (Wildman–Crippen MR) is 106 cm³/mol. The molecule has 0 saturated carbocycles. The Morgan fingerprint density at radius 1 is 1.29 bits per heavy atom. The number of alkyl halides is 2. The van der Waals surface area contributed by atoms with Crippen molar-refractivity contribution in [3.05, 3.63) is 48.6 Å². The Balaban J connectivity index is 1.94. The van der Waals surface area contributed by atoms with Crippen LogP contribution in [-0.4, -0.2) is 53.2 Å². The molecule has 0 atom stereocenters. The molecule has 0 amide bonds. The molecule has 158 valence electrons. The summed E-state index contributed by atoms with van der Waals surface area (Å²) in [6.07, 6.45) is 2.33. The van der Waals surface area contributed by atoms with E-state index in [4.69, 9.17) is 0 Å². The van der Waals surface area contributed by atoms with Crippen molar-refractivity contribution in [3.8, 4) is 11.8 Å². The number of aliphatic hydroxyl groups is 1. The number of aromatic nitrogens is 6. The van der Waals surface area contributed by atoms with Gasteiger partial charge in [-0.1, -0.05) is 5.92 Å². The first kappa shape index (κ1) is 20.5. The molecule has 11 heteroatoms. The van der Waals surface area contributed by atoms with Crippen molar-refractivity contribution >= 4 is 28.2 Å². The number of anilines is 2. The molecule has 0 aliphatic rings. The highest BCUT2D eigenvalue weighted by Crippen LogP contribution is 2.33. The van der Waals surface area contributed by atoms with Gasteiger partial charge in [0.1, 0.15) is 23.4 Å². The van der Waals surface area contributed by atoms with Gasteiger partial charge in [-0.2, -0.15) is 4.98 Å². The van der Waals surface area contributed by atoms with Crippen molar-refractivity contribution in [2.45, 2.75) is 25.9 Å². The second kappa shape index (κ2) is 7.81. The van der Waals surface area contributed by atoms with Crippen LogP contribution < -0.4 is 4.90 Å². The molecule has 0 fully saturated rings. The van der Waals surface area contributed by atoms with E-state index in [0.717, 1.165) is 6.20 Å². The summed E-state index contributed by atoms with van der Waals surface area (Å²) in [6, 6.07) is 2.94. The van der Waals surface area contributed by atoms with Gasteiger partial charge < -0.3 is 10.0 Å². The Hall–Kier alpha value is -3.78. The van der Waals surface area contributed by atoms with E-state index in [1.54, 1.807) is 0 Å². The Morgan fingerprint density at radius 3 is 2.84 bits per heavy atom. The van der Waals surface area contributed by atoms with Gasteiger partial charge in [0.2, 0.25) is 0 Å². The van der Waals surface area contributed by atoms with Gasteiger partial charge in [-0.3, -0.25) is 9.38 Å². The largest absolute Gasteiger partial charge is 0.378 e. The summed E-state index contributed by atoms with van der Waals surface area (Å²) >= 11 is 0. The van der Waals surface area contributed by atoms with Crippen LogP contribution in [0.15, 0.2) is 37.1 Å². The normalized spacial score (nSPS) is 11.7. The van der Waals surface area contributed by atoms with Crippen LogP contribution in [0.25, 0.3) is 16.7 Å². The molecule has 0 aliphatic heterocycles. The average Bonchev–Trinajstić information content (AvgIpc) is 3.19. The van der Waals surface area contributed by atoms with E-state index in [9.17, 15) is 18.3 Å². The van der Waals surface area contributed by atoms with E-state index >= 15 is 0 Å². The van der Waals surface area contributed by atoms with Crippen LogP contribution in [0.1, 0.15) is 19.5 Å². The molecule has 4 aromatic rings. The zero-order valence-corrected chi connectivity index (χ0v) is 16.5. The number of fused-ring (bicyclic) bond motifs is 3. The molecule has 1 N–H and O–H groups in total. The molecule has 4 rings (SSSR count). The lowest BCUT2D eigenvalue weighted by Gasteiger charge is -2.25. The van der Waals surface area contributed by atoms with Crippen LogP contribution in [-0.2, 0) is 0 Å². The van der Waals surface area contributed by atoms with Crippen molar-refractivity contribution in [2.75, 3.05) is 11.4 Å². The number of pyridine rings is 2. The lowest BCUT2D eigenvalue weighted by Crippen LogP contribution is -2.26. The minimum atomic E-state index is -2.75. The highest BCUT2D eigenvalue weighted by atomic mass is 19.3. The third kappa shape index (κ3) is 4.24. The Labute approximate surface area is 174 Å². The van der Waals surface area contributed by atoms with Gasteiger partial charge in [-0.25, -0.2) is 18.2 Å². The van der Waals surface area contributed by atoms with Crippen LogP contribution in [0.3, 0.4) is 0 Å². The van der Waals surface area contributed by atoms with E-state index in [1.807, 2.05) is 0 Å². The lowest BCUT2D eigenvalue weighted by atomic mass is 10.1. The molecule has 0 aliphatic carbocycles. The number of hydrogen-bond donors (Lipinski definition) is 1. The van der Waals surface area contributed by atoms with Crippen LogP contribution in [0, 0.1) is 17.7 Å². The Morgan fingerprint density at radius 2 is 2.10 bits per heavy atom. The summed E-state index contributed by atoms with van der Waals surface area (Å²) in [4.78, 5) is 13.4. The first-order chi connectivity index (χ1) is 14.7. The molecule has 8 nitrogen and oxygen atoms in total. The quantitative estimate of drug-likeness (QED) is 0.501. The fourth-order valence-electron chi connectivity index (χ4n) is 2.97. The molecule has 31 heavy (non-hydrogen) atoms. The third-order valence-corrected chi connectivity index (χ3v) is 4.23. The molecule has 4 heterocycles. The zero-order chi connectivity index (χ0) is 22.2. The van der Waals surface area contributed by atoms with Crippen molar-refractivity contribution in [1.29, 1.82) is 0 Å². The van der Waals surface area contributed by atoms with Crippen LogP contribution >= 0.6 is 0 Å². The van der Waals surface area contributed by atoms with Gasteiger partial charge >= 0.3 is 0 Å². The van der Waals surface area contributed by atoms with Gasteiger partial charge in [0.15, 0.2) is 5.82 Å². The highest BCUT2D eigenvalue weighted by Gasteiger charge is 2.23. The smallest absolute Gasteiger partial charge is 0.257 e. The highest BCUT2D eigenvalue weighted by molar-refractivity contribution is 5.93. The van der Waals surface area contributed by atoms with Gasteiger partial charge in [-0.05, 0) is 31.9 Å². The second-order valence-electron chi connectivity index (χ2n) is 7.16. The minimum absolute atomic E-state index is 0.0103. The summed E-state index contributed by atoms with van der Waals surface area (Å²) in [7, 11) is 0. The molecule has 0 bridgehead atoms. The van der Waals surface area contributed by atoms with E-state index in [1.165, 1.54) is 54.0 Å². The maximum absolute atomic E-state index is 14.8. The predicted octanol–water partition coefficient (Wildman–Crippen LogP) is 2.73. The van der Waals surface area contributed by atoms with Gasteiger partial charge in [0.05, 0.1) is 29.8 Å². The number of nitrogens with zero attached hydrogens (tertiary/aromatic N) is 7. The fraction of sp³-hybridized carbons (Fsp3) is 0.250. The Kier molecular flexibility index (Phi) is 5.16. The molecule has 4 aromatic heterocycles. The molecule has 0 saturated heterocycles. The van der Waals surface area contributed by atoms with Gasteiger partial charge in [0.25, 0.3) is 12.2 Å². The topological polar surface area (TPSA) is 92.3 Å². The molecule has 0 radical (unpaired) electrons. The minimum Gasteiger partial charge on any atom is -0.378 e. The standard InChI is InChI=1S/C20H16F3N7O/c1-20(2,31)5-3-12-7-13(4-6-25-12)29(10-16(22)23)18-17-14(21)8-24-9-15(17)30-11-26-28-19(30)27-18/h4,6-9,11,16,31H,10H2,1-2H3. The maximum Gasteiger partial charge on any atom is 0.257 e. The van der Waals surface area contributed by atoms with Crippen LogP contribution in [0.4, 0.5) is 24.7 Å². The SMILES string of the molecule is CC(C)(O)C#Cc1cc(N(CC(F)F)c2nc3nncn3c3cncc(F)c23)ccn1. The van der Waals surface area contributed by atoms with Crippen molar-refractivity contribution in [2.24, 2.45) is 0 Å². The maximum atomic E-state index is 14.8. The van der Waals surface area contributed by atoms with Crippen molar-refractivity contribution in [1.82, 2.24) is 29.5 Å². The van der Waals surface area contributed by atoms with Gasteiger partial charge in [-0.15, -0.1) is 10.2 Å². The third-order valence-electron chi connectivity index (χ3n) is 4.23. The summed E-state index contributed by atoms with van der Waals surface area (Å²) in [5.74, 6) is 4.62. The molecule has 0 unspecified atom stereocenters. The monoisotopic (exact) mass is 427 g/mol. The number of halogens is 3. The van der Waals surface area contributed by atoms with Gasteiger partial charge in [0, 0.05) is 11.9 Å². The summed E-state index contributed by atoms with van der Waals surface area (Å²) in [6.45, 7) is 2.25. The molecular formula is C20H16F3N7O. The van der Waals surface area contributed by atoms with E-state index in [0.29, 0.717) is 0 Å². The van der Waals surface area contributed by atoms with Crippen LogP contribution in [0.5, 0.6) is 0 Å². The van der Waals surface area contributed by atoms with E-state index in [2.05, 4.69) is 37.0 Å². The zero-order valence-electron chi connectivity index (χ0n) is 16.5. The summed E-state index contributed by atoms with van der Waals surface area (Å²) in [5, 5.41) is 17.4. The first-order valence-corrected chi connectivity index (χ1v) is 9.13. The molecule has 0 aromatic carbocycles. The fourth-order valence-corrected chi connectivity index (χ4v) is 2.97. The lowest BCUT2D eigenvalue weighted by molar-refractivity contribution is 0.143. The van der Waals surface area contributed by atoms with E-state index < -0.39 is 24.4 Å². The van der Waals surface area contributed by atoms with Crippen molar-refractivity contribution in [3.63, 3.8) is 0 Å². The summed E-state index contributed by atoms with van der Waals surface area (Å²) in [5.41, 5.74) is -0.467. The molecular weight excluding hydrogens is 411 g/mol. The van der Waals surface area contributed by atoms with E-state index in [-0.39, 0.29) is 33.9 Å². The second-order valence-corrected chi connectivity index (χ2v) is 7.16. The number of rotatable bonds is 4. The number of hydrogen-bond acceptors (Lipinski definition) is 7. The van der Waals surface area contributed by atoms with Crippen molar-refractivity contribution < 1.29 is 18.3 Å².